The average Bonchev–Trinajstić information content (AvgIpc) is 2.72. The van der Waals surface area contributed by atoms with Gasteiger partial charge in [-0.25, -0.2) is 0 Å². The molecule has 2 heterocycles. The molecule has 29 heavy (non-hydrogen) atoms. The fourth-order valence-electron chi connectivity index (χ4n) is 3.60. The van der Waals surface area contributed by atoms with Gasteiger partial charge in [-0.2, -0.15) is 0 Å². The van der Waals surface area contributed by atoms with Gasteiger partial charge in [0.05, 0.1) is 5.39 Å². The number of hydrogen-bond acceptors (Lipinski definition) is 4. The molecule has 6 nitrogen and oxygen atoms in total. The lowest BCUT2D eigenvalue weighted by molar-refractivity contribution is -0.135. The van der Waals surface area contributed by atoms with Crippen molar-refractivity contribution in [3.63, 3.8) is 0 Å². The van der Waals surface area contributed by atoms with Crippen molar-refractivity contribution in [1.29, 1.82) is 0 Å². The number of nitrogens with one attached hydrogen (secondary N) is 1. The molecule has 2 amide bonds. The summed E-state index contributed by atoms with van der Waals surface area (Å²) in [6.07, 6.45) is 0.793. The molecule has 1 aliphatic heterocycles. The van der Waals surface area contributed by atoms with Gasteiger partial charge in [0.1, 0.15) is 5.58 Å². The number of fused-ring (bicyclic) bond motifs is 2. The van der Waals surface area contributed by atoms with E-state index in [4.69, 9.17) is 4.42 Å². The van der Waals surface area contributed by atoms with Crippen LogP contribution < -0.4 is 10.7 Å². The quantitative estimate of drug-likeness (QED) is 0.741. The lowest BCUT2D eigenvalue weighted by Gasteiger charge is -2.30. The summed E-state index contributed by atoms with van der Waals surface area (Å²) in [5.41, 5.74) is 2.91. The highest BCUT2D eigenvalue weighted by Crippen LogP contribution is 2.24. The van der Waals surface area contributed by atoms with E-state index in [1.54, 1.807) is 24.3 Å². The smallest absolute Gasteiger partial charge is 0.291 e. The van der Waals surface area contributed by atoms with Crippen molar-refractivity contribution < 1.29 is 14.0 Å². The molecule has 0 saturated heterocycles. The molecule has 0 unspecified atom stereocenters. The minimum Gasteiger partial charge on any atom is -0.451 e. The predicted octanol–water partition coefficient (Wildman–Crippen LogP) is 3.59. The molecule has 2 aromatic carbocycles. The number of hydrogen-bond donors (Lipinski definition) is 1. The van der Waals surface area contributed by atoms with Crippen LogP contribution in [0.15, 0.2) is 57.7 Å². The number of rotatable bonds is 3. The first-order valence-corrected chi connectivity index (χ1v) is 9.67. The molecule has 0 atom stereocenters. The normalized spacial score (nSPS) is 13.4. The number of anilines is 1. The largest absolute Gasteiger partial charge is 0.451 e. The molecule has 1 aliphatic rings. The molecule has 4 rings (SSSR count). The molecular formula is C23H22N2O4. The van der Waals surface area contributed by atoms with Crippen LogP contribution in [0.4, 0.5) is 5.69 Å². The minimum atomic E-state index is -0.487. The zero-order valence-corrected chi connectivity index (χ0v) is 16.4. The first-order chi connectivity index (χ1) is 13.9. The van der Waals surface area contributed by atoms with E-state index in [1.165, 1.54) is 11.6 Å². The summed E-state index contributed by atoms with van der Waals surface area (Å²) < 4.78 is 5.60. The van der Waals surface area contributed by atoms with Crippen molar-refractivity contribution in [2.75, 3.05) is 11.9 Å². The van der Waals surface area contributed by atoms with Crippen LogP contribution in [0.3, 0.4) is 0 Å². The van der Waals surface area contributed by atoms with E-state index >= 15 is 0 Å². The predicted molar refractivity (Wildman–Crippen MR) is 111 cm³/mol. The van der Waals surface area contributed by atoms with Crippen LogP contribution in [-0.2, 0) is 17.8 Å². The molecule has 148 valence electrons. The SMILES string of the molecule is CC(C)C(=O)N1CCc2ccc(NC(=O)c3cc(=O)c4ccccc4o3)cc2C1. The van der Waals surface area contributed by atoms with Crippen LogP contribution in [0, 0.1) is 5.92 Å². The molecule has 0 radical (unpaired) electrons. The van der Waals surface area contributed by atoms with E-state index in [-0.39, 0.29) is 23.0 Å². The molecule has 0 aliphatic carbocycles. The van der Waals surface area contributed by atoms with Gasteiger partial charge in [0.2, 0.25) is 5.91 Å². The monoisotopic (exact) mass is 390 g/mol. The number of benzene rings is 2. The van der Waals surface area contributed by atoms with Gasteiger partial charge in [0.15, 0.2) is 11.2 Å². The van der Waals surface area contributed by atoms with Gasteiger partial charge in [-0.3, -0.25) is 14.4 Å². The maximum atomic E-state index is 12.6. The van der Waals surface area contributed by atoms with E-state index < -0.39 is 5.91 Å². The fourth-order valence-corrected chi connectivity index (χ4v) is 3.60. The third kappa shape index (κ3) is 3.78. The van der Waals surface area contributed by atoms with Crippen molar-refractivity contribution in [2.45, 2.75) is 26.8 Å². The van der Waals surface area contributed by atoms with E-state index in [2.05, 4.69) is 5.32 Å². The molecule has 3 aromatic rings. The molecule has 0 bridgehead atoms. The van der Waals surface area contributed by atoms with E-state index in [9.17, 15) is 14.4 Å². The van der Waals surface area contributed by atoms with Crippen LogP contribution in [0.1, 0.15) is 35.5 Å². The van der Waals surface area contributed by atoms with E-state index in [0.29, 0.717) is 29.7 Å². The van der Waals surface area contributed by atoms with E-state index in [0.717, 1.165) is 12.0 Å². The summed E-state index contributed by atoms with van der Waals surface area (Å²) in [6, 6.07) is 13.7. The van der Waals surface area contributed by atoms with Crippen LogP contribution in [-0.4, -0.2) is 23.3 Å². The molecule has 1 aromatic heterocycles. The number of para-hydroxylation sites is 1. The zero-order valence-electron chi connectivity index (χ0n) is 16.4. The van der Waals surface area contributed by atoms with Crippen molar-refractivity contribution >= 4 is 28.5 Å². The summed E-state index contributed by atoms with van der Waals surface area (Å²) in [4.78, 5) is 39.0. The average molecular weight is 390 g/mol. The minimum absolute atomic E-state index is 0.0389. The van der Waals surface area contributed by atoms with Crippen LogP contribution in [0.5, 0.6) is 0 Å². The Bertz CT molecular complexity index is 1160. The Balaban J connectivity index is 1.56. The highest BCUT2D eigenvalue weighted by Gasteiger charge is 2.23. The number of carbonyl (C=O) groups excluding carboxylic acids is 2. The van der Waals surface area contributed by atoms with Gasteiger partial charge >= 0.3 is 0 Å². The molecule has 0 fully saturated rings. The van der Waals surface area contributed by atoms with Gasteiger partial charge in [0, 0.05) is 30.8 Å². The Hall–Kier alpha value is -3.41. The highest BCUT2D eigenvalue weighted by molar-refractivity contribution is 6.03. The second-order valence-electron chi connectivity index (χ2n) is 7.57. The molecule has 1 N–H and O–H groups in total. The van der Waals surface area contributed by atoms with Crippen LogP contribution >= 0.6 is 0 Å². The van der Waals surface area contributed by atoms with Crippen molar-refractivity contribution in [3.05, 3.63) is 75.6 Å². The zero-order chi connectivity index (χ0) is 20.5. The van der Waals surface area contributed by atoms with Gasteiger partial charge < -0.3 is 14.6 Å². The highest BCUT2D eigenvalue weighted by atomic mass is 16.3. The third-order valence-electron chi connectivity index (χ3n) is 5.14. The van der Waals surface area contributed by atoms with Crippen molar-refractivity contribution in [1.82, 2.24) is 4.90 Å². The molecule has 0 saturated carbocycles. The number of nitrogens with zero attached hydrogens (tertiary/aromatic N) is 1. The first kappa shape index (κ1) is 18.9. The maximum Gasteiger partial charge on any atom is 0.291 e. The number of carbonyl (C=O) groups is 2. The topological polar surface area (TPSA) is 79.6 Å². The Morgan fingerprint density at radius 2 is 1.86 bits per heavy atom. The Morgan fingerprint density at radius 1 is 1.07 bits per heavy atom. The Morgan fingerprint density at radius 3 is 2.66 bits per heavy atom. The maximum absolute atomic E-state index is 12.6. The van der Waals surface area contributed by atoms with Gasteiger partial charge in [-0.1, -0.05) is 32.0 Å². The first-order valence-electron chi connectivity index (χ1n) is 9.67. The molecule has 0 spiro atoms. The third-order valence-corrected chi connectivity index (χ3v) is 5.14. The lowest BCUT2D eigenvalue weighted by Crippen LogP contribution is -2.38. The summed E-state index contributed by atoms with van der Waals surface area (Å²) in [5, 5.41) is 3.23. The van der Waals surface area contributed by atoms with Crippen LogP contribution in [0.2, 0.25) is 0 Å². The van der Waals surface area contributed by atoms with E-state index in [1.807, 2.05) is 36.9 Å². The second kappa shape index (κ2) is 7.54. The fraction of sp³-hybridized carbons (Fsp3) is 0.261. The standard InChI is InChI=1S/C23H22N2O4/c1-14(2)23(28)25-10-9-15-7-8-17(11-16(15)13-25)24-22(27)21-12-19(26)18-5-3-4-6-20(18)29-21/h3-8,11-12,14H,9-10,13H2,1-2H3,(H,24,27). The molecule has 6 heteroatoms. The summed E-state index contributed by atoms with van der Waals surface area (Å²) in [6.45, 7) is 5.02. The summed E-state index contributed by atoms with van der Waals surface area (Å²) in [7, 11) is 0. The van der Waals surface area contributed by atoms with Crippen LogP contribution in [0.25, 0.3) is 11.0 Å². The Labute approximate surface area is 168 Å². The van der Waals surface area contributed by atoms with Gasteiger partial charge in [-0.05, 0) is 41.8 Å². The number of amides is 2. The summed E-state index contributed by atoms with van der Waals surface area (Å²) >= 11 is 0. The Kier molecular flexibility index (Phi) is 4.92. The van der Waals surface area contributed by atoms with Gasteiger partial charge in [0.25, 0.3) is 5.91 Å². The second-order valence-corrected chi connectivity index (χ2v) is 7.57. The van der Waals surface area contributed by atoms with Gasteiger partial charge in [-0.15, -0.1) is 0 Å². The molecular weight excluding hydrogens is 368 g/mol. The summed E-state index contributed by atoms with van der Waals surface area (Å²) in [5.74, 6) is -0.444. The van der Waals surface area contributed by atoms with Crippen molar-refractivity contribution in [3.8, 4) is 0 Å². The lowest BCUT2D eigenvalue weighted by atomic mass is 9.98. The van der Waals surface area contributed by atoms with Crippen molar-refractivity contribution in [2.24, 2.45) is 5.92 Å².